The third-order valence-electron chi connectivity index (χ3n) is 4.75. The zero-order valence-electron chi connectivity index (χ0n) is 16.6. The van der Waals surface area contributed by atoms with Gasteiger partial charge in [-0.05, 0) is 42.5 Å². The highest BCUT2D eigenvalue weighted by atomic mass is 32.2. The van der Waals surface area contributed by atoms with Crippen LogP contribution < -0.4 is 10.6 Å². The van der Waals surface area contributed by atoms with Gasteiger partial charge in [0, 0.05) is 45.4 Å². The Morgan fingerprint density at radius 3 is 1.97 bits per heavy atom. The Balaban J connectivity index is 1.42. The van der Waals surface area contributed by atoms with Crippen molar-refractivity contribution >= 4 is 46.5 Å². The molecule has 3 aromatic carbocycles. The first kappa shape index (κ1) is 20.6. The van der Waals surface area contributed by atoms with E-state index in [2.05, 4.69) is 10.6 Å². The predicted molar refractivity (Wildman–Crippen MR) is 120 cm³/mol. The molecular weight excluding hydrogens is 412 g/mol. The van der Waals surface area contributed by atoms with Crippen LogP contribution in [0.5, 0.6) is 0 Å². The summed E-state index contributed by atoms with van der Waals surface area (Å²) in [5, 5.41) is 5.47. The molecule has 6 nitrogen and oxygen atoms in total. The van der Waals surface area contributed by atoms with Gasteiger partial charge >= 0.3 is 0 Å². The van der Waals surface area contributed by atoms with Crippen LogP contribution in [0.25, 0.3) is 0 Å². The summed E-state index contributed by atoms with van der Waals surface area (Å²) in [5.74, 6) is -0.623. The molecule has 0 aliphatic heterocycles. The van der Waals surface area contributed by atoms with Crippen LogP contribution in [-0.2, 0) is 9.59 Å². The fourth-order valence-electron chi connectivity index (χ4n) is 3.36. The first-order chi connectivity index (χ1) is 14.9. The van der Waals surface area contributed by atoms with Crippen LogP contribution in [-0.4, -0.2) is 29.1 Å². The quantitative estimate of drug-likeness (QED) is 0.464. The lowest BCUT2D eigenvalue weighted by Gasteiger charge is -2.18. The molecule has 31 heavy (non-hydrogen) atoms. The van der Waals surface area contributed by atoms with Gasteiger partial charge in [-0.25, -0.2) is 0 Å². The van der Waals surface area contributed by atoms with Gasteiger partial charge in [0.25, 0.3) is 0 Å². The SMILES string of the molecule is CC(=O)Nc1ccc(SCC(=O)Nc2ccc3c(c2)C(=O)c2ccccc2C3=O)cc1. The molecule has 0 saturated carbocycles. The molecule has 7 heteroatoms. The molecule has 0 aromatic heterocycles. The van der Waals surface area contributed by atoms with E-state index < -0.39 is 0 Å². The monoisotopic (exact) mass is 430 g/mol. The molecule has 0 spiro atoms. The number of nitrogens with one attached hydrogen (secondary N) is 2. The van der Waals surface area contributed by atoms with Crippen molar-refractivity contribution in [1.82, 2.24) is 0 Å². The molecule has 0 unspecified atom stereocenters. The van der Waals surface area contributed by atoms with Crippen molar-refractivity contribution in [3.63, 3.8) is 0 Å². The minimum atomic E-state index is -0.231. The smallest absolute Gasteiger partial charge is 0.234 e. The maximum absolute atomic E-state index is 12.8. The highest BCUT2D eigenvalue weighted by Gasteiger charge is 2.29. The van der Waals surface area contributed by atoms with Gasteiger partial charge < -0.3 is 10.6 Å². The summed E-state index contributed by atoms with van der Waals surface area (Å²) >= 11 is 1.35. The zero-order valence-corrected chi connectivity index (χ0v) is 17.4. The van der Waals surface area contributed by atoms with Crippen molar-refractivity contribution in [3.05, 3.63) is 89.0 Å². The molecule has 2 amide bonds. The summed E-state index contributed by atoms with van der Waals surface area (Å²) in [7, 11) is 0. The van der Waals surface area contributed by atoms with Crippen molar-refractivity contribution in [2.75, 3.05) is 16.4 Å². The van der Waals surface area contributed by atoms with E-state index >= 15 is 0 Å². The molecule has 0 radical (unpaired) electrons. The number of thioether (sulfide) groups is 1. The molecular formula is C24H18N2O4S. The van der Waals surface area contributed by atoms with Gasteiger partial charge in [0.15, 0.2) is 11.6 Å². The summed E-state index contributed by atoms with van der Waals surface area (Å²) < 4.78 is 0. The number of fused-ring (bicyclic) bond motifs is 2. The van der Waals surface area contributed by atoms with E-state index in [4.69, 9.17) is 0 Å². The number of benzene rings is 3. The summed E-state index contributed by atoms with van der Waals surface area (Å²) in [6.07, 6.45) is 0. The Morgan fingerprint density at radius 1 is 0.742 bits per heavy atom. The Kier molecular flexibility index (Phi) is 5.68. The van der Waals surface area contributed by atoms with Crippen molar-refractivity contribution < 1.29 is 19.2 Å². The molecule has 4 rings (SSSR count). The second kappa shape index (κ2) is 8.57. The van der Waals surface area contributed by atoms with E-state index in [1.165, 1.54) is 18.7 Å². The molecule has 0 saturated heterocycles. The number of hydrogen-bond donors (Lipinski definition) is 2. The third kappa shape index (κ3) is 4.41. The molecule has 0 bridgehead atoms. The Hall–Kier alpha value is -3.71. The van der Waals surface area contributed by atoms with Gasteiger partial charge in [0.2, 0.25) is 11.8 Å². The van der Waals surface area contributed by atoms with E-state index in [9.17, 15) is 19.2 Å². The normalized spacial score (nSPS) is 12.0. The molecule has 0 fully saturated rings. The third-order valence-corrected chi connectivity index (χ3v) is 5.77. The minimum Gasteiger partial charge on any atom is -0.326 e. The van der Waals surface area contributed by atoms with E-state index in [0.29, 0.717) is 33.6 Å². The van der Waals surface area contributed by atoms with Crippen LogP contribution >= 0.6 is 11.8 Å². The molecule has 0 atom stereocenters. The lowest BCUT2D eigenvalue weighted by atomic mass is 9.84. The largest absolute Gasteiger partial charge is 0.326 e. The van der Waals surface area contributed by atoms with E-state index in [1.54, 1.807) is 54.6 Å². The fourth-order valence-corrected chi connectivity index (χ4v) is 4.06. The summed E-state index contributed by atoms with van der Waals surface area (Å²) in [5.41, 5.74) is 2.57. The average Bonchev–Trinajstić information content (AvgIpc) is 2.76. The van der Waals surface area contributed by atoms with Gasteiger partial charge in [-0.15, -0.1) is 11.8 Å². The van der Waals surface area contributed by atoms with Crippen molar-refractivity contribution in [3.8, 4) is 0 Å². The van der Waals surface area contributed by atoms with Crippen LogP contribution in [0, 0.1) is 0 Å². The van der Waals surface area contributed by atoms with Gasteiger partial charge in [0.05, 0.1) is 5.75 Å². The van der Waals surface area contributed by atoms with E-state index in [1.807, 2.05) is 12.1 Å². The van der Waals surface area contributed by atoms with Crippen molar-refractivity contribution in [2.45, 2.75) is 11.8 Å². The van der Waals surface area contributed by atoms with Gasteiger partial charge in [0.1, 0.15) is 0 Å². The molecule has 154 valence electrons. The summed E-state index contributed by atoms with van der Waals surface area (Å²) in [6.45, 7) is 1.44. The molecule has 3 aromatic rings. The highest BCUT2D eigenvalue weighted by molar-refractivity contribution is 8.00. The highest BCUT2D eigenvalue weighted by Crippen LogP contribution is 2.29. The van der Waals surface area contributed by atoms with Gasteiger partial charge in [-0.3, -0.25) is 19.2 Å². The van der Waals surface area contributed by atoms with Crippen LogP contribution in [0.2, 0.25) is 0 Å². The Labute approximate surface area is 183 Å². The predicted octanol–water partition coefficient (Wildman–Crippen LogP) is 4.15. The van der Waals surface area contributed by atoms with Crippen LogP contribution in [0.3, 0.4) is 0 Å². The lowest BCUT2D eigenvalue weighted by Crippen LogP contribution is -2.21. The first-order valence-corrected chi connectivity index (χ1v) is 10.5. The average molecular weight is 430 g/mol. The number of rotatable bonds is 5. The topological polar surface area (TPSA) is 92.3 Å². The standard InChI is InChI=1S/C24H18N2O4S/c1-14(27)25-15-6-9-17(10-7-15)31-13-22(28)26-16-8-11-20-21(12-16)24(30)19-5-3-2-4-18(19)23(20)29/h2-12H,13H2,1H3,(H,25,27)(H,26,28). The van der Waals surface area contributed by atoms with Crippen molar-refractivity contribution in [2.24, 2.45) is 0 Å². The summed E-state index contributed by atoms with van der Waals surface area (Å²) in [4.78, 5) is 49.8. The van der Waals surface area contributed by atoms with Crippen LogP contribution in [0.4, 0.5) is 11.4 Å². The fraction of sp³-hybridized carbons (Fsp3) is 0.0833. The first-order valence-electron chi connectivity index (χ1n) is 9.55. The van der Waals surface area contributed by atoms with Gasteiger partial charge in [-0.2, -0.15) is 0 Å². The second-order valence-electron chi connectivity index (χ2n) is 7.01. The lowest BCUT2D eigenvalue weighted by molar-refractivity contribution is -0.114. The Morgan fingerprint density at radius 2 is 1.32 bits per heavy atom. The summed E-state index contributed by atoms with van der Waals surface area (Å²) in [6, 6.07) is 18.7. The molecule has 2 N–H and O–H groups in total. The van der Waals surface area contributed by atoms with E-state index in [0.717, 1.165) is 4.90 Å². The number of anilines is 2. The van der Waals surface area contributed by atoms with Crippen LogP contribution in [0.15, 0.2) is 71.6 Å². The van der Waals surface area contributed by atoms with E-state index in [-0.39, 0.29) is 29.1 Å². The molecule has 1 aliphatic rings. The van der Waals surface area contributed by atoms with Gasteiger partial charge in [-0.1, -0.05) is 24.3 Å². The molecule has 0 heterocycles. The van der Waals surface area contributed by atoms with Crippen LogP contribution in [0.1, 0.15) is 38.8 Å². The maximum atomic E-state index is 12.8. The maximum Gasteiger partial charge on any atom is 0.234 e. The number of carbonyl (C=O) groups excluding carboxylic acids is 4. The van der Waals surface area contributed by atoms with Crippen molar-refractivity contribution in [1.29, 1.82) is 0 Å². The zero-order chi connectivity index (χ0) is 22.0. The Bertz CT molecular complexity index is 1220. The molecule has 1 aliphatic carbocycles. The number of carbonyl (C=O) groups is 4. The number of ketones is 2. The number of hydrogen-bond acceptors (Lipinski definition) is 5. The minimum absolute atomic E-state index is 0.145. The number of amides is 2. The second-order valence-corrected chi connectivity index (χ2v) is 8.06.